The van der Waals surface area contributed by atoms with Gasteiger partial charge in [0.25, 0.3) is 0 Å². The molecule has 0 bridgehead atoms. The molecule has 0 saturated carbocycles. The minimum absolute atomic E-state index is 0.00459. The molecule has 0 aliphatic carbocycles. The summed E-state index contributed by atoms with van der Waals surface area (Å²) in [6.07, 6.45) is -1.17. The van der Waals surface area contributed by atoms with Crippen LogP contribution >= 0.6 is 0 Å². The van der Waals surface area contributed by atoms with Crippen molar-refractivity contribution in [2.24, 2.45) is 0 Å². The van der Waals surface area contributed by atoms with Gasteiger partial charge in [0.2, 0.25) is 5.91 Å². The van der Waals surface area contributed by atoms with E-state index in [0.29, 0.717) is 0 Å². The van der Waals surface area contributed by atoms with E-state index in [4.69, 9.17) is 4.74 Å². The lowest BCUT2D eigenvalue weighted by atomic mass is 10.2. The van der Waals surface area contributed by atoms with Crippen LogP contribution in [0, 0.1) is 0 Å². The fourth-order valence-electron chi connectivity index (χ4n) is 1.45. The van der Waals surface area contributed by atoms with Gasteiger partial charge in [-0.15, -0.1) is 0 Å². The molecule has 0 aliphatic rings. The largest absolute Gasteiger partial charge is 0.469 e. The average molecular weight is 332 g/mol. The number of hydrogen-bond donors (Lipinski definition) is 2. The third-order valence-electron chi connectivity index (χ3n) is 2.45. The smallest absolute Gasteiger partial charge is 0.408 e. The molecule has 0 spiro atoms. The van der Waals surface area contributed by atoms with Crippen LogP contribution < -0.4 is 10.6 Å². The lowest BCUT2D eigenvalue weighted by Crippen LogP contribution is -2.46. The van der Waals surface area contributed by atoms with Gasteiger partial charge in [-0.3, -0.25) is 9.59 Å². The molecule has 0 aromatic heterocycles. The number of amides is 2. The number of ether oxygens (including phenoxy) is 3. The molecule has 0 aromatic carbocycles. The van der Waals surface area contributed by atoms with Crippen LogP contribution in [0.1, 0.15) is 33.6 Å². The lowest BCUT2D eigenvalue weighted by Gasteiger charge is -2.22. The summed E-state index contributed by atoms with van der Waals surface area (Å²) in [5.41, 5.74) is -0.743. The van der Waals surface area contributed by atoms with E-state index in [1.165, 1.54) is 7.11 Å². The van der Waals surface area contributed by atoms with Crippen LogP contribution in [0.4, 0.5) is 4.79 Å². The maximum Gasteiger partial charge on any atom is 0.408 e. The summed E-state index contributed by atoms with van der Waals surface area (Å²) < 4.78 is 14.0. The van der Waals surface area contributed by atoms with Crippen LogP contribution in [-0.2, 0) is 28.6 Å². The fraction of sp³-hybridized carbons (Fsp3) is 0.714. The summed E-state index contributed by atoms with van der Waals surface area (Å²) in [6, 6.07) is -1.19. The van der Waals surface area contributed by atoms with Crippen molar-refractivity contribution in [3.8, 4) is 0 Å². The molecule has 0 aliphatic heterocycles. The molecule has 23 heavy (non-hydrogen) atoms. The maximum atomic E-state index is 11.7. The Morgan fingerprint density at radius 3 is 2.13 bits per heavy atom. The van der Waals surface area contributed by atoms with Crippen LogP contribution in [0.25, 0.3) is 0 Å². The predicted molar refractivity (Wildman–Crippen MR) is 79.4 cm³/mol. The van der Waals surface area contributed by atoms with E-state index in [0.717, 1.165) is 7.11 Å². The second-order valence-corrected chi connectivity index (χ2v) is 5.60. The van der Waals surface area contributed by atoms with E-state index in [1.807, 2.05) is 0 Å². The van der Waals surface area contributed by atoms with Gasteiger partial charge in [0, 0.05) is 6.54 Å². The third kappa shape index (κ3) is 10.1. The Morgan fingerprint density at radius 1 is 1.04 bits per heavy atom. The Morgan fingerprint density at radius 2 is 1.65 bits per heavy atom. The van der Waals surface area contributed by atoms with Crippen molar-refractivity contribution < 1.29 is 33.4 Å². The van der Waals surface area contributed by atoms with E-state index in [2.05, 4.69) is 20.1 Å². The second kappa shape index (κ2) is 9.65. The average Bonchev–Trinajstić information content (AvgIpc) is 2.43. The quantitative estimate of drug-likeness (QED) is 0.502. The molecule has 2 N–H and O–H groups in total. The lowest BCUT2D eigenvalue weighted by molar-refractivity contribution is -0.145. The first-order valence-electron chi connectivity index (χ1n) is 7.00. The van der Waals surface area contributed by atoms with Gasteiger partial charge < -0.3 is 24.8 Å². The highest BCUT2D eigenvalue weighted by atomic mass is 16.6. The maximum absolute atomic E-state index is 11.7. The van der Waals surface area contributed by atoms with Crippen LogP contribution in [0.5, 0.6) is 0 Å². The zero-order chi connectivity index (χ0) is 18.0. The van der Waals surface area contributed by atoms with Gasteiger partial charge in [0.1, 0.15) is 11.6 Å². The van der Waals surface area contributed by atoms with E-state index in [9.17, 15) is 19.2 Å². The van der Waals surface area contributed by atoms with Gasteiger partial charge in [-0.25, -0.2) is 9.59 Å². The number of carbonyl (C=O) groups is 4. The molecule has 0 heterocycles. The van der Waals surface area contributed by atoms with E-state index >= 15 is 0 Å². The molecule has 0 saturated heterocycles. The Kier molecular flexibility index (Phi) is 8.67. The highest BCUT2D eigenvalue weighted by Crippen LogP contribution is 2.07. The molecular formula is C14H24N2O7. The number of methoxy groups -OCH3 is 2. The summed E-state index contributed by atoms with van der Waals surface area (Å²) in [7, 11) is 2.38. The van der Waals surface area contributed by atoms with Gasteiger partial charge in [0.05, 0.1) is 27.1 Å². The zero-order valence-electron chi connectivity index (χ0n) is 14.1. The van der Waals surface area contributed by atoms with Crippen molar-refractivity contribution in [3.05, 3.63) is 0 Å². The standard InChI is InChI=1S/C14H24N2O7/c1-14(2,3)23-13(20)16-9(12(19)22-5)8-10(17)15-7-6-11(18)21-4/h9H,6-8H2,1-5H3,(H,15,17)(H,16,20)/t9-/m0/s1. The van der Waals surface area contributed by atoms with Gasteiger partial charge >= 0.3 is 18.0 Å². The van der Waals surface area contributed by atoms with Gasteiger partial charge in [-0.05, 0) is 20.8 Å². The normalized spacial score (nSPS) is 11.9. The molecule has 1 atom stereocenters. The Hall–Kier alpha value is -2.32. The number of alkyl carbamates (subject to hydrolysis) is 1. The summed E-state index contributed by atoms with van der Waals surface area (Å²) in [6.45, 7) is 5.06. The van der Waals surface area contributed by atoms with Crippen molar-refractivity contribution in [2.75, 3.05) is 20.8 Å². The van der Waals surface area contributed by atoms with Gasteiger partial charge in [0.15, 0.2) is 0 Å². The van der Waals surface area contributed by atoms with Crippen molar-refractivity contribution in [3.63, 3.8) is 0 Å². The Bertz CT molecular complexity index is 443. The van der Waals surface area contributed by atoms with E-state index in [-0.39, 0.29) is 19.4 Å². The number of rotatable bonds is 7. The molecule has 9 heteroatoms. The van der Waals surface area contributed by atoms with Crippen LogP contribution in [0.2, 0.25) is 0 Å². The molecule has 0 aromatic rings. The summed E-state index contributed by atoms with van der Waals surface area (Å²) in [5, 5.41) is 4.72. The first kappa shape index (κ1) is 20.7. The molecule has 0 radical (unpaired) electrons. The van der Waals surface area contributed by atoms with Crippen LogP contribution in [0.15, 0.2) is 0 Å². The second-order valence-electron chi connectivity index (χ2n) is 5.60. The molecule has 0 unspecified atom stereocenters. The number of hydrogen-bond acceptors (Lipinski definition) is 7. The van der Waals surface area contributed by atoms with Crippen molar-refractivity contribution in [2.45, 2.75) is 45.3 Å². The van der Waals surface area contributed by atoms with Gasteiger partial charge in [-0.2, -0.15) is 0 Å². The zero-order valence-corrected chi connectivity index (χ0v) is 14.1. The third-order valence-corrected chi connectivity index (χ3v) is 2.45. The van der Waals surface area contributed by atoms with Crippen LogP contribution in [0.3, 0.4) is 0 Å². The number of carbonyl (C=O) groups excluding carboxylic acids is 4. The van der Waals surface area contributed by atoms with Crippen molar-refractivity contribution >= 4 is 23.9 Å². The molecule has 2 amide bonds. The molecule has 132 valence electrons. The van der Waals surface area contributed by atoms with Crippen molar-refractivity contribution in [1.29, 1.82) is 0 Å². The predicted octanol–water partition coefficient (Wildman–Crippen LogP) is 0.122. The first-order chi connectivity index (χ1) is 10.6. The number of esters is 2. The van der Waals surface area contributed by atoms with E-state index < -0.39 is 35.6 Å². The minimum atomic E-state index is -1.19. The topological polar surface area (TPSA) is 120 Å². The summed E-state index contributed by atoms with van der Waals surface area (Å²) in [5.74, 6) is -1.78. The first-order valence-corrected chi connectivity index (χ1v) is 7.00. The molecule has 0 fully saturated rings. The summed E-state index contributed by atoms with van der Waals surface area (Å²) in [4.78, 5) is 46.0. The molecular weight excluding hydrogens is 308 g/mol. The molecule has 0 rings (SSSR count). The van der Waals surface area contributed by atoms with E-state index in [1.54, 1.807) is 20.8 Å². The Balaban J connectivity index is 4.50. The van der Waals surface area contributed by atoms with Gasteiger partial charge in [-0.1, -0.05) is 0 Å². The monoisotopic (exact) mass is 332 g/mol. The van der Waals surface area contributed by atoms with Crippen molar-refractivity contribution in [1.82, 2.24) is 10.6 Å². The van der Waals surface area contributed by atoms with Crippen LogP contribution in [-0.4, -0.2) is 56.3 Å². The highest BCUT2D eigenvalue weighted by molar-refractivity contribution is 5.88. The fourth-order valence-corrected chi connectivity index (χ4v) is 1.45. The highest BCUT2D eigenvalue weighted by Gasteiger charge is 2.27. The molecule has 9 nitrogen and oxygen atoms in total. The summed E-state index contributed by atoms with van der Waals surface area (Å²) >= 11 is 0. The Labute approximate surface area is 135 Å². The minimum Gasteiger partial charge on any atom is -0.469 e. The SMILES string of the molecule is COC(=O)CCNC(=O)C[C@H](NC(=O)OC(C)(C)C)C(=O)OC. The number of nitrogens with one attached hydrogen (secondary N) is 2.